The highest BCUT2D eigenvalue weighted by Gasteiger charge is 2.19. The molecule has 3 rings (SSSR count). The molecular formula is C22H26Cl2N4O. The first-order valence-electron chi connectivity index (χ1n) is 9.87. The number of hydrogen-bond acceptors (Lipinski definition) is 2. The third-order valence-corrected chi connectivity index (χ3v) is 5.38. The van der Waals surface area contributed by atoms with Gasteiger partial charge in [-0.15, -0.1) is 0 Å². The van der Waals surface area contributed by atoms with Crippen molar-refractivity contribution in [2.24, 2.45) is 4.99 Å². The molecule has 154 valence electrons. The molecule has 1 heterocycles. The molecule has 1 fully saturated rings. The zero-order chi connectivity index (χ0) is 20.6. The maximum atomic E-state index is 11.8. The average Bonchev–Trinajstić information content (AvgIpc) is 3.11. The molecule has 1 amide bonds. The Morgan fingerprint density at radius 3 is 2.52 bits per heavy atom. The molecule has 2 aromatic carbocycles. The molecule has 0 aliphatic carbocycles. The highest BCUT2D eigenvalue weighted by molar-refractivity contribution is 6.35. The predicted octanol–water partition coefficient (Wildman–Crippen LogP) is 4.37. The Morgan fingerprint density at radius 1 is 1.10 bits per heavy atom. The van der Waals surface area contributed by atoms with Gasteiger partial charge in [0.25, 0.3) is 0 Å². The van der Waals surface area contributed by atoms with E-state index in [2.05, 4.69) is 39.9 Å². The number of benzene rings is 2. The van der Waals surface area contributed by atoms with E-state index in [0.29, 0.717) is 36.1 Å². The number of halogens is 2. The number of rotatable bonds is 7. The summed E-state index contributed by atoms with van der Waals surface area (Å²) in [5.74, 6) is 0.978. The molecule has 0 radical (unpaired) electrons. The summed E-state index contributed by atoms with van der Waals surface area (Å²) < 4.78 is 0. The van der Waals surface area contributed by atoms with Crippen molar-refractivity contribution < 1.29 is 4.79 Å². The van der Waals surface area contributed by atoms with Gasteiger partial charge in [0.1, 0.15) is 0 Å². The predicted molar refractivity (Wildman–Crippen MR) is 119 cm³/mol. The number of carbonyl (C=O) groups is 1. The minimum Gasteiger partial charge on any atom is -0.357 e. The van der Waals surface area contributed by atoms with E-state index < -0.39 is 0 Å². The molecule has 0 unspecified atom stereocenters. The number of guanidine groups is 1. The fourth-order valence-corrected chi connectivity index (χ4v) is 3.67. The van der Waals surface area contributed by atoms with Gasteiger partial charge >= 0.3 is 0 Å². The van der Waals surface area contributed by atoms with Crippen molar-refractivity contribution in [3.05, 3.63) is 69.2 Å². The number of aliphatic imine (C=N–C) groups is 1. The van der Waals surface area contributed by atoms with Crippen molar-refractivity contribution in [2.45, 2.75) is 39.4 Å². The van der Waals surface area contributed by atoms with Crippen LogP contribution in [0.15, 0.2) is 47.5 Å². The van der Waals surface area contributed by atoms with Gasteiger partial charge in [0.2, 0.25) is 5.91 Å². The van der Waals surface area contributed by atoms with Crippen LogP contribution in [0.25, 0.3) is 0 Å². The van der Waals surface area contributed by atoms with Gasteiger partial charge in [-0.1, -0.05) is 53.5 Å². The summed E-state index contributed by atoms with van der Waals surface area (Å²) in [7, 11) is 0. The minimum absolute atomic E-state index is 0.251. The van der Waals surface area contributed by atoms with Crippen molar-refractivity contribution >= 4 is 35.1 Å². The van der Waals surface area contributed by atoms with Crippen LogP contribution in [-0.4, -0.2) is 29.9 Å². The first-order chi connectivity index (χ1) is 14.0. The van der Waals surface area contributed by atoms with Gasteiger partial charge in [0.05, 0.1) is 6.54 Å². The Morgan fingerprint density at radius 2 is 1.86 bits per heavy atom. The molecule has 1 saturated heterocycles. The summed E-state index contributed by atoms with van der Waals surface area (Å²) in [6, 6.07) is 13.8. The van der Waals surface area contributed by atoms with Crippen LogP contribution in [0.2, 0.25) is 10.0 Å². The second kappa shape index (κ2) is 10.5. The summed E-state index contributed by atoms with van der Waals surface area (Å²) in [5, 5.41) is 7.80. The van der Waals surface area contributed by atoms with E-state index in [4.69, 9.17) is 23.2 Å². The average molecular weight is 433 g/mol. The monoisotopic (exact) mass is 432 g/mol. The highest BCUT2D eigenvalue weighted by atomic mass is 35.5. The summed E-state index contributed by atoms with van der Waals surface area (Å²) >= 11 is 12.2. The Hall–Kier alpha value is -2.24. The standard InChI is InChI=1S/C22H26Cl2N4O/c1-2-25-22(27-14-18-9-10-19(23)12-20(18)24)26-13-16-5-7-17(8-6-16)15-28-11-3-4-21(28)29/h5-10,12H,2-4,11,13-15H2,1H3,(H2,25,26,27). The SMILES string of the molecule is CCNC(=NCc1ccc(CN2CCCC2=O)cc1)NCc1ccc(Cl)cc1Cl. The zero-order valence-electron chi connectivity index (χ0n) is 16.5. The second-order valence-corrected chi connectivity index (χ2v) is 7.86. The van der Waals surface area contributed by atoms with Gasteiger partial charge in [0, 0.05) is 42.6 Å². The quantitative estimate of drug-likeness (QED) is 0.504. The lowest BCUT2D eigenvalue weighted by atomic mass is 10.1. The molecule has 0 saturated carbocycles. The number of carbonyl (C=O) groups excluding carboxylic acids is 1. The number of nitrogens with one attached hydrogen (secondary N) is 2. The normalized spacial score (nSPS) is 14.4. The lowest BCUT2D eigenvalue weighted by molar-refractivity contribution is -0.128. The molecular weight excluding hydrogens is 407 g/mol. The first-order valence-corrected chi connectivity index (χ1v) is 10.6. The highest BCUT2D eigenvalue weighted by Crippen LogP contribution is 2.20. The van der Waals surface area contributed by atoms with Crippen molar-refractivity contribution in [1.29, 1.82) is 0 Å². The van der Waals surface area contributed by atoms with E-state index >= 15 is 0 Å². The van der Waals surface area contributed by atoms with Crippen LogP contribution < -0.4 is 10.6 Å². The Bertz CT molecular complexity index is 868. The Labute approximate surface area is 182 Å². The molecule has 2 aromatic rings. The van der Waals surface area contributed by atoms with Crippen molar-refractivity contribution in [3.8, 4) is 0 Å². The van der Waals surface area contributed by atoms with Crippen LogP contribution in [0.5, 0.6) is 0 Å². The largest absolute Gasteiger partial charge is 0.357 e. The lowest BCUT2D eigenvalue weighted by Crippen LogP contribution is -2.36. The zero-order valence-corrected chi connectivity index (χ0v) is 18.1. The van der Waals surface area contributed by atoms with E-state index in [-0.39, 0.29) is 5.91 Å². The summed E-state index contributed by atoms with van der Waals surface area (Å²) in [5.41, 5.74) is 3.22. The van der Waals surface area contributed by atoms with Gasteiger partial charge in [-0.25, -0.2) is 4.99 Å². The lowest BCUT2D eigenvalue weighted by Gasteiger charge is -2.15. The maximum absolute atomic E-state index is 11.8. The molecule has 0 spiro atoms. The molecule has 0 aromatic heterocycles. The van der Waals surface area contributed by atoms with Crippen LogP contribution in [0.1, 0.15) is 36.5 Å². The van der Waals surface area contributed by atoms with Crippen molar-refractivity contribution in [1.82, 2.24) is 15.5 Å². The van der Waals surface area contributed by atoms with Crippen LogP contribution in [0, 0.1) is 0 Å². The van der Waals surface area contributed by atoms with Crippen LogP contribution in [0.3, 0.4) is 0 Å². The van der Waals surface area contributed by atoms with Gasteiger partial charge < -0.3 is 15.5 Å². The Kier molecular flexibility index (Phi) is 7.78. The molecule has 1 aliphatic heterocycles. The maximum Gasteiger partial charge on any atom is 0.222 e. The van der Waals surface area contributed by atoms with E-state index in [1.54, 1.807) is 6.07 Å². The summed E-state index contributed by atoms with van der Waals surface area (Å²) in [4.78, 5) is 18.3. The summed E-state index contributed by atoms with van der Waals surface area (Å²) in [6.07, 6.45) is 1.64. The van der Waals surface area contributed by atoms with Crippen molar-refractivity contribution in [3.63, 3.8) is 0 Å². The molecule has 0 bridgehead atoms. The smallest absolute Gasteiger partial charge is 0.222 e. The molecule has 29 heavy (non-hydrogen) atoms. The number of nitrogens with zero attached hydrogens (tertiary/aromatic N) is 2. The number of amides is 1. The fourth-order valence-electron chi connectivity index (χ4n) is 3.20. The molecule has 0 atom stereocenters. The van der Waals surface area contributed by atoms with E-state index in [1.807, 2.05) is 24.0 Å². The fraction of sp³-hybridized carbons (Fsp3) is 0.364. The third kappa shape index (κ3) is 6.38. The van der Waals surface area contributed by atoms with Crippen LogP contribution in [-0.2, 0) is 24.4 Å². The van der Waals surface area contributed by atoms with Crippen LogP contribution >= 0.6 is 23.2 Å². The second-order valence-electron chi connectivity index (χ2n) is 7.02. The third-order valence-electron chi connectivity index (χ3n) is 4.79. The van der Waals surface area contributed by atoms with Gasteiger partial charge in [-0.05, 0) is 42.2 Å². The topological polar surface area (TPSA) is 56.7 Å². The first kappa shape index (κ1) is 21.5. The van der Waals surface area contributed by atoms with E-state index in [1.165, 1.54) is 0 Å². The number of hydrogen-bond donors (Lipinski definition) is 2. The van der Waals surface area contributed by atoms with Gasteiger partial charge in [0.15, 0.2) is 5.96 Å². The van der Waals surface area contributed by atoms with Crippen LogP contribution in [0.4, 0.5) is 0 Å². The number of likely N-dealkylation sites (tertiary alicyclic amines) is 1. The van der Waals surface area contributed by atoms with Gasteiger partial charge in [-0.3, -0.25) is 4.79 Å². The van der Waals surface area contributed by atoms with Gasteiger partial charge in [-0.2, -0.15) is 0 Å². The van der Waals surface area contributed by atoms with E-state index in [0.717, 1.165) is 42.2 Å². The molecule has 2 N–H and O–H groups in total. The Balaban J connectivity index is 1.56. The minimum atomic E-state index is 0.251. The van der Waals surface area contributed by atoms with Crippen molar-refractivity contribution in [2.75, 3.05) is 13.1 Å². The molecule has 5 nitrogen and oxygen atoms in total. The molecule has 1 aliphatic rings. The molecule has 7 heteroatoms. The summed E-state index contributed by atoms with van der Waals surface area (Å²) in [6.45, 7) is 5.47. The van der Waals surface area contributed by atoms with E-state index in [9.17, 15) is 4.79 Å².